The monoisotopic (exact) mass is 458 g/mol. The summed E-state index contributed by atoms with van der Waals surface area (Å²) >= 11 is 0. The fraction of sp³-hybridized carbons (Fsp3) is 0.929. The quantitative estimate of drug-likeness (QED) is 0.237. The van der Waals surface area contributed by atoms with E-state index in [0.29, 0.717) is 0 Å². The van der Waals surface area contributed by atoms with Crippen LogP contribution in [-0.4, -0.2) is 36.8 Å². The lowest BCUT2D eigenvalue weighted by Gasteiger charge is -2.31. The molecule has 0 spiro atoms. The zero-order chi connectivity index (χ0) is 23.6. The minimum absolute atomic E-state index is 0.0833. The van der Waals surface area contributed by atoms with Crippen molar-refractivity contribution < 1.29 is 67.3 Å². The maximum Gasteiger partial charge on any atom is 0.542 e. The Kier molecular flexibility index (Phi) is 8.36. The molecule has 0 saturated carbocycles. The van der Waals surface area contributed by atoms with E-state index in [1.54, 1.807) is 18.6 Å². The van der Waals surface area contributed by atoms with E-state index in [4.69, 9.17) is 0 Å². The molecule has 1 unspecified atom stereocenters. The van der Waals surface area contributed by atoms with Crippen LogP contribution in [0.15, 0.2) is 0 Å². The molecule has 0 aromatic heterocycles. The average molecular weight is 458 g/mol. The lowest BCUT2D eigenvalue weighted by Crippen LogP contribution is -2.55. The highest BCUT2D eigenvalue weighted by Gasteiger charge is 2.73. The molecule has 15 heteroatoms. The SMILES string of the molecule is CC(C)CC(C(=O)OC(F)(F)OC(F)(F)C(F)(F)OC(F)(F)C(F)(F)F)C(C)C. The molecule has 0 rings (SSSR count). The van der Waals surface area contributed by atoms with Crippen LogP contribution in [0.2, 0.25) is 0 Å². The second kappa shape index (κ2) is 8.78. The molecule has 4 nitrogen and oxygen atoms in total. The molecule has 29 heavy (non-hydrogen) atoms. The van der Waals surface area contributed by atoms with Crippen LogP contribution in [0.5, 0.6) is 0 Å². The summed E-state index contributed by atoms with van der Waals surface area (Å²) in [6, 6.07) is 0. The Hall–Kier alpha value is -1.38. The van der Waals surface area contributed by atoms with Gasteiger partial charge in [-0.3, -0.25) is 4.79 Å². The third kappa shape index (κ3) is 7.75. The van der Waals surface area contributed by atoms with Gasteiger partial charge in [-0.2, -0.15) is 39.5 Å². The Balaban J connectivity index is 5.44. The summed E-state index contributed by atoms with van der Waals surface area (Å²) in [4.78, 5) is 11.7. The summed E-state index contributed by atoms with van der Waals surface area (Å²) < 4.78 is 147. The van der Waals surface area contributed by atoms with Crippen LogP contribution in [-0.2, 0) is 19.0 Å². The molecule has 0 aliphatic carbocycles. The number of alkyl halides is 11. The maximum atomic E-state index is 13.4. The summed E-state index contributed by atoms with van der Waals surface area (Å²) in [5.74, 6) is -4.10. The van der Waals surface area contributed by atoms with Gasteiger partial charge in [-0.15, -0.1) is 8.78 Å². The van der Waals surface area contributed by atoms with E-state index < -0.39 is 48.6 Å². The topological polar surface area (TPSA) is 44.8 Å². The number of carbonyl (C=O) groups excluding carboxylic acids is 1. The normalized spacial score (nSPS) is 15.8. The van der Waals surface area contributed by atoms with Crippen LogP contribution in [0.1, 0.15) is 34.1 Å². The first kappa shape index (κ1) is 27.6. The van der Waals surface area contributed by atoms with E-state index in [1.165, 1.54) is 13.8 Å². The molecule has 0 radical (unpaired) electrons. The fourth-order valence-corrected chi connectivity index (χ4v) is 1.85. The van der Waals surface area contributed by atoms with Crippen LogP contribution < -0.4 is 0 Å². The van der Waals surface area contributed by atoms with Gasteiger partial charge in [0.05, 0.1) is 5.92 Å². The molecule has 0 aliphatic rings. The van der Waals surface area contributed by atoms with Crippen LogP contribution in [0.4, 0.5) is 48.3 Å². The van der Waals surface area contributed by atoms with E-state index in [2.05, 4.69) is 9.47 Å². The number of esters is 1. The first-order valence-electron chi connectivity index (χ1n) is 7.76. The first-order valence-corrected chi connectivity index (χ1v) is 7.76. The highest BCUT2D eigenvalue weighted by Crippen LogP contribution is 2.47. The van der Waals surface area contributed by atoms with Gasteiger partial charge in [-0.05, 0) is 18.3 Å². The molecule has 0 aromatic carbocycles. The van der Waals surface area contributed by atoms with Gasteiger partial charge in [0.1, 0.15) is 0 Å². The molecule has 0 saturated heterocycles. The Bertz CT molecular complexity index is 558. The number of halogens is 11. The Morgan fingerprint density at radius 3 is 1.48 bits per heavy atom. The summed E-state index contributed by atoms with van der Waals surface area (Å²) in [6.45, 7) is 5.85. The summed E-state index contributed by atoms with van der Waals surface area (Å²) in [5, 5.41) is 0. The molecule has 0 N–H and O–H groups in total. The minimum atomic E-state index is -6.89. The second-order valence-electron chi connectivity index (χ2n) is 6.62. The smallest absolute Gasteiger partial charge is 0.376 e. The van der Waals surface area contributed by atoms with Crippen molar-refractivity contribution in [2.24, 2.45) is 17.8 Å². The lowest BCUT2D eigenvalue weighted by molar-refractivity contribution is -0.554. The van der Waals surface area contributed by atoms with E-state index >= 15 is 0 Å². The third-order valence-corrected chi connectivity index (χ3v) is 3.22. The number of rotatable bonds is 10. The second-order valence-corrected chi connectivity index (χ2v) is 6.62. The van der Waals surface area contributed by atoms with Crippen LogP contribution in [0.3, 0.4) is 0 Å². The van der Waals surface area contributed by atoms with Crippen molar-refractivity contribution in [3.05, 3.63) is 0 Å². The predicted molar refractivity (Wildman–Crippen MR) is 71.9 cm³/mol. The maximum absolute atomic E-state index is 13.4. The fourth-order valence-electron chi connectivity index (χ4n) is 1.85. The molecule has 0 aliphatic heterocycles. The van der Waals surface area contributed by atoms with E-state index in [0.717, 1.165) is 0 Å². The predicted octanol–water partition coefficient (Wildman–Crippen LogP) is 5.77. The average Bonchev–Trinajstić information content (AvgIpc) is 2.39. The number of carbonyl (C=O) groups is 1. The zero-order valence-electron chi connectivity index (χ0n) is 15.2. The van der Waals surface area contributed by atoms with Gasteiger partial charge in [0.2, 0.25) is 0 Å². The molecule has 0 bridgehead atoms. The highest BCUT2D eigenvalue weighted by atomic mass is 19.4. The van der Waals surface area contributed by atoms with Crippen molar-refractivity contribution >= 4 is 5.97 Å². The third-order valence-electron chi connectivity index (χ3n) is 3.22. The van der Waals surface area contributed by atoms with Crippen molar-refractivity contribution in [3.63, 3.8) is 0 Å². The summed E-state index contributed by atoms with van der Waals surface area (Å²) in [6.07, 6.45) is -33.3. The molecule has 0 heterocycles. The number of ether oxygens (including phenoxy) is 3. The van der Waals surface area contributed by atoms with Crippen LogP contribution in [0.25, 0.3) is 0 Å². The molecular weight excluding hydrogens is 441 g/mol. The van der Waals surface area contributed by atoms with E-state index in [1.807, 2.05) is 0 Å². The van der Waals surface area contributed by atoms with E-state index in [9.17, 15) is 53.1 Å². The van der Waals surface area contributed by atoms with Gasteiger partial charge >= 0.3 is 36.8 Å². The van der Waals surface area contributed by atoms with Crippen molar-refractivity contribution in [2.45, 2.75) is 64.9 Å². The van der Waals surface area contributed by atoms with Crippen LogP contribution in [0, 0.1) is 17.8 Å². The van der Waals surface area contributed by atoms with Crippen molar-refractivity contribution in [1.29, 1.82) is 0 Å². The largest absolute Gasteiger partial charge is 0.542 e. The van der Waals surface area contributed by atoms with Crippen molar-refractivity contribution in [1.82, 2.24) is 0 Å². The Labute approximate surface area is 157 Å². The lowest BCUT2D eigenvalue weighted by atomic mass is 9.88. The molecule has 174 valence electrons. The number of hydrogen-bond donors (Lipinski definition) is 0. The standard InChI is InChI=1S/C14H17F11O4/c1-6(2)5-8(7(3)4)9(26)27-14(24,25)29-13(22,23)12(20,21)28-11(18,19)10(15,16)17/h6-8H,5H2,1-4H3. The molecular formula is C14H17F11O4. The van der Waals surface area contributed by atoms with Gasteiger partial charge in [0, 0.05) is 0 Å². The van der Waals surface area contributed by atoms with Crippen molar-refractivity contribution in [3.8, 4) is 0 Å². The Morgan fingerprint density at radius 2 is 1.14 bits per heavy atom. The zero-order valence-corrected chi connectivity index (χ0v) is 15.2. The number of hydrogen-bond acceptors (Lipinski definition) is 4. The van der Waals surface area contributed by atoms with Crippen molar-refractivity contribution in [2.75, 3.05) is 0 Å². The first-order chi connectivity index (χ1) is 12.5. The van der Waals surface area contributed by atoms with Gasteiger partial charge < -0.3 is 4.74 Å². The Morgan fingerprint density at radius 1 is 0.724 bits per heavy atom. The van der Waals surface area contributed by atoms with E-state index in [-0.39, 0.29) is 12.3 Å². The van der Waals surface area contributed by atoms with Gasteiger partial charge in [0.25, 0.3) is 0 Å². The summed E-state index contributed by atoms with van der Waals surface area (Å²) in [7, 11) is 0. The summed E-state index contributed by atoms with van der Waals surface area (Å²) in [5.41, 5.74) is 0. The van der Waals surface area contributed by atoms with Gasteiger partial charge in [-0.1, -0.05) is 27.7 Å². The molecule has 1 atom stereocenters. The minimum Gasteiger partial charge on any atom is -0.376 e. The van der Waals surface area contributed by atoms with Gasteiger partial charge in [-0.25, -0.2) is 9.47 Å². The highest BCUT2D eigenvalue weighted by molar-refractivity contribution is 5.72. The molecule has 0 fully saturated rings. The van der Waals surface area contributed by atoms with Crippen LogP contribution >= 0.6 is 0 Å². The van der Waals surface area contributed by atoms with Gasteiger partial charge in [0.15, 0.2) is 0 Å². The molecule has 0 aromatic rings. The molecule has 0 amide bonds.